The minimum absolute atomic E-state index is 0.0400. The number of hydrogen-bond acceptors (Lipinski definition) is 2. The molecule has 3 rings (SSSR count). The predicted octanol–water partition coefficient (Wildman–Crippen LogP) is 3.10. The number of carbonyl (C=O) groups excluding carboxylic acids is 1. The van der Waals surface area contributed by atoms with E-state index in [1.807, 2.05) is 66.3 Å². The van der Waals surface area contributed by atoms with Crippen molar-refractivity contribution >= 4 is 5.91 Å². The maximum absolute atomic E-state index is 12.2. The Kier molecular flexibility index (Phi) is 5.06. The van der Waals surface area contributed by atoms with E-state index < -0.39 is 0 Å². The van der Waals surface area contributed by atoms with Crippen LogP contribution in [0.5, 0.6) is 0 Å². The molecule has 24 heavy (non-hydrogen) atoms. The van der Waals surface area contributed by atoms with Crippen molar-refractivity contribution < 1.29 is 4.79 Å². The first-order valence-corrected chi connectivity index (χ1v) is 8.08. The molecule has 4 heteroatoms. The Labute approximate surface area is 142 Å². The lowest BCUT2D eigenvalue weighted by atomic mass is 10.1. The van der Waals surface area contributed by atoms with Gasteiger partial charge in [0.2, 0.25) is 5.91 Å². The van der Waals surface area contributed by atoms with Crippen LogP contribution in [0.2, 0.25) is 0 Å². The highest BCUT2D eigenvalue weighted by molar-refractivity contribution is 5.78. The van der Waals surface area contributed by atoms with Gasteiger partial charge < -0.3 is 5.32 Å². The van der Waals surface area contributed by atoms with E-state index in [0.29, 0.717) is 19.5 Å². The molecule has 2 aromatic carbocycles. The summed E-state index contributed by atoms with van der Waals surface area (Å²) < 4.78 is 1.88. The second kappa shape index (κ2) is 7.59. The van der Waals surface area contributed by atoms with E-state index in [-0.39, 0.29) is 5.91 Å². The molecule has 1 heterocycles. The number of nitrogens with zero attached hydrogens (tertiary/aromatic N) is 2. The fourth-order valence-corrected chi connectivity index (χ4v) is 2.69. The van der Waals surface area contributed by atoms with Gasteiger partial charge in [0, 0.05) is 18.9 Å². The lowest BCUT2D eigenvalue weighted by Crippen LogP contribution is -2.25. The van der Waals surface area contributed by atoms with E-state index in [1.165, 1.54) is 0 Å². The van der Waals surface area contributed by atoms with Gasteiger partial charge in [-0.15, -0.1) is 0 Å². The van der Waals surface area contributed by atoms with Crippen LogP contribution in [0.15, 0.2) is 67.0 Å². The van der Waals surface area contributed by atoms with Gasteiger partial charge >= 0.3 is 0 Å². The lowest BCUT2D eigenvalue weighted by Gasteiger charge is -2.11. The molecule has 1 N–H and O–H groups in total. The molecule has 0 saturated heterocycles. The summed E-state index contributed by atoms with van der Waals surface area (Å²) in [6.45, 7) is 3.26. The third-order valence-corrected chi connectivity index (χ3v) is 4.10. The molecule has 1 amide bonds. The van der Waals surface area contributed by atoms with Crippen LogP contribution >= 0.6 is 0 Å². The molecule has 4 nitrogen and oxygen atoms in total. The van der Waals surface area contributed by atoms with Crippen LogP contribution in [-0.2, 0) is 24.3 Å². The molecule has 0 atom stereocenters. The van der Waals surface area contributed by atoms with Crippen molar-refractivity contribution in [2.24, 2.45) is 0 Å². The first kappa shape index (κ1) is 16.0. The highest BCUT2D eigenvalue weighted by Crippen LogP contribution is 2.11. The Morgan fingerprint density at radius 3 is 2.42 bits per heavy atom. The van der Waals surface area contributed by atoms with Crippen molar-refractivity contribution in [1.29, 1.82) is 0 Å². The fourth-order valence-electron chi connectivity index (χ4n) is 2.69. The summed E-state index contributed by atoms with van der Waals surface area (Å²) in [7, 11) is 0. The summed E-state index contributed by atoms with van der Waals surface area (Å²) in [4.78, 5) is 12.2. The van der Waals surface area contributed by atoms with Gasteiger partial charge in [-0.25, -0.2) is 0 Å². The Balaban J connectivity index is 1.62. The van der Waals surface area contributed by atoms with E-state index in [1.54, 1.807) is 6.20 Å². The second-order valence-corrected chi connectivity index (χ2v) is 5.85. The van der Waals surface area contributed by atoms with E-state index in [2.05, 4.69) is 16.5 Å². The third kappa shape index (κ3) is 4.10. The fraction of sp³-hybridized carbons (Fsp3) is 0.200. The molecule has 3 aromatic rings. The zero-order chi connectivity index (χ0) is 16.8. The molecular formula is C20H21N3O. The molecule has 0 saturated carbocycles. The van der Waals surface area contributed by atoms with Gasteiger partial charge in [0.1, 0.15) is 0 Å². The van der Waals surface area contributed by atoms with Gasteiger partial charge in [-0.2, -0.15) is 5.10 Å². The first-order valence-electron chi connectivity index (χ1n) is 8.08. The second-order valence-electron chi connectivity index (χ2n) is 5.85. The Morgan fingerprint density at radius 2 is 1.71 bits per heavy atom. The summed E-state index contributed by atoms with van der Waals surface area (Å²) in [6, 6.07) is 18.0. The quantitative estimate of drug-likeness (QED) is 0.759. The molecule has 0 aliphatic carbocycles. The van der Waals surface area contributed by atoms with Crippen molar-refractivity contribution in [3.05, 3.63) is 89.2 Å². The number of hydrogen-bond donors (Lipinski definition) is 1. The van der Waals surface area contributed by atoms with E-state index in [9.17, 15) is 4.79 Å². The Morgan fingerprint density at radius 1 is 1.00 bits per heavy atom. The number of rotatable bonds is 6. The minimum Gasteiger partial charge on any atom is -0.352 e. The number of amides is 1. The van der Waals surface area contributed by atoms with Gasteiger partial charge in [0.25, 0.3) is 0 Å². The van der Waals surface area contributed by atoms with Crippen LogP contribution < -0.4 is 5.32 Å². The van der Waals surface area contributed by atoms with Crippen molar-refractivity contribution in [2.45, 2.75) is 26.4 Å². The minimum atomic E-state index is 0.0400. The SMILES string of the molecule is Cc1ccccc1CC(=O)NCc1ccccc1Cn1cccn1. The number of nitrogens with one attached hydrogen (secondary N) is 1. The molecular weight excluding hydrogens is 298 g/mol. The largest absolute Gasteiger partial charge is 0.352 e. The molecule has 122 valence electrons. The highest BCUT2D eigenvalue weighted by Gasteiger charge is 2.07. The smallest absolute Gasteiger partial charge is 0.224 e. The zero-order valence-corrected chi connectivity index (χ0v) is 13.8. The number of benzene rings is 2. The van der Waals surface area contributed by atoms with Crippen LogP contribution in [-0.4, -0.2) is 15.7 Å². The summed E-state index contributed by atoms with van der Waals surface area (Å²) in [5.74, 6) is 0.0400. The van der Waals surface area contributed by atoms with Crippen LogP contribution in [0.3, 0.4) is 0 Å². The molecule has 0 bridgehead atoms. The maximum Gasteiger partial charge on any atom is 0.224 e. The molecule has 0 spiro atoms. The van der Waals surface area contributed by atoms with Crippen LogP contribution in [0, 0.1) is 6.92 Å². The van der Waals surface area contributed by atoms with Crippen molar-refractivity contribution in [3.63, 3.8) is 0 Å². The molecule has 0 aliphatic heterocycles. The average Bonchev–Trinajstić information content (AvgIpc) is 3.09. The lowest BCUT2D eigenvalue weighted by molar-refractivity contribution is -0.120. The van der Waals surface area contributed by atoms with Gasteiger partial charge in [0.15, 0.2) is 0 Å². The number of aryl methyl sites for hydroxylation is 1. The van der Waals surface area contributed by atoms with E-state index in [4.69, 9.17) is 0 Å². The molecule has 0 aliphatic rings. The Bertz CT molecular complexity index is 809. The van der Waals surface area contributed by atoms with Crippen molar-refractivity contribution in [1.82, 2.24) is 15.1 Å². The van der Waals surface area contributed by atoms with Gasteiger partial charge in [0.05, 0.1) is 13.0 Å². The highest BCUT2D eigenvalue weighted by atomic mass is 16.1. The van der Waals surface area contributed by atoms with Crippen LogP contribution in [0.25, 0.3) is 0 Å². The van der Waals surface area contributed by atoms with Crippen molar-refractivity contribution in [2.75, 3.05) is 0 Å². The van der Waals surface area contributed by atoms with E-state index in [0.717, 1.165) is 22.3 Å². The van der Waals surface area contributed by atoms with E-state index >= 15 is 0 Å². The predicted molar refractivity (Wildman–Crippen MR) is 94.5 cm³/mol. The van der Waals surface area contributed by atoms with Gasteiger partial charge in [-0.05, 0) is 35.2 Å². The monoisotopic (exact) mass is 319 g/mol. The van der Waals surface area contributed by atoms with Crippen molar-refractivity contribution in [3.8, 4) is 0 Å². The van der Waals surface area contributed by atoms with Crippen LogP contribution in [0.4, 0.5) is 0 Å². The summed E-state index contributed by atoms with van der Waals surface area (Å²) >= 11 is 0. The molecule has 0 fully saturated rings. The average molecular weight is 319 g/mol. The number of aromatic nitrogens is 2. The third-order valence-electron chi connectivity index (χ3n) is 4.10. The first-order chi connectivity index (χ1) is 11.7. The standard InChI is InChI=1S/C20H21N3O/c1-16-7-2-3-8-17(16)13-20(24)21-14-18-9-4-5-10-19(18)15-23-12-6-11-22-23/h2-12H,13-15H2,1H3,(H,21,24). The normalized spacial score (nSPS) is 10.5. The molecule has 0 unspecified atom stereocenters. The van der Waals surface area contributed by atoms with Gasteiger partial charge in [-0.1, -0.05) is 48.5 Å². The summed E-state index contributed by atoms with van der Waals surface area (Å²) in [6.07, 6.45) is 4.12. The molecule has 1 aromatic heterocycles. The Hall–Kier alpha value is -2.88. The summed E-state index contributed by atoms with van der Waals surface area (Å²) in [5.41, 5.74) is 4.50. The number of carbonyl (C=O) groups is 1. The molecule has 0 radical (unpaired) electrons. The zero-order valence-electron chi connectivity index (χ0n) is 13.8. The topological polar surface area (TPSA) is 46.9 Å². The van der Waals surface area contributed by atoms with Gasteiger partial charge in [-0.3, -0.25) is 9.48 Å². The van der Waals surface area contributed by atoms with Crippen LogP contribution in [0.1, 0.15) is 22.3 Å². The maximum atomic E-state index is 12.2. The summed E-state index contributed by atoms with van der Waals surface area (Å²) in [5, 5.41) is 7.27.